The van der Waals surface area contributed by atoms with Gasteiger partial charge in [0.2, 0.25) is 5.91 Å². The number of hydrogen-bond acceptors (Lipinski definition) is 4. The van der Waals surface area contributed by atoms with Gasteiger partial charge in [-0.15, -0.1) is 0 Å². The van der Waals surface area contributed by atoms with E-state index in [0.29, 0.717) is 13.0 Å². The number of aliphatic hydroxyl groups is 1. The molecule has 1 heterocycles. The smallest absolute Gasteiger partial charge is 0.328 e. The van der Waals surface area contributed by atoms with Crippen molar-refractivity contribution in [1.82, 2.24) is 5.32 Å². The molecule has 1 aromatic rings. The number of aliphatic hydroxyl groups excluding tert-OH is 1. The molecule has 0 aromatic heterocycles. The lowest BCUT2D eigenvalue weighted by molar-refractivity contribution is -0.143. The second-order valence-corrected chi connectivity index (χ2v) is 4.44. The molecule has 0 bridgehead atoms. The van der Waals surface area contributed by atoms with Gasteiger partial charge >= 0.3 is 5.97 Å². The third-order valence-corrected chi connectivity index (χ3v) is 3.20. The van der Waals surface area contributed by atoms with Crippen molar-refractivity contribution in [1.29, 1.82) is 0 Å². The molecule has 102 valence electrons. The van der Waals surface area contributed by atoms with Crippen LogP contribution < -0.4 is 10.6 Å². The van der Waals surface area contributed by atoms with Crippen LogP contribution in [-0.4, -0.2) is 41.3 Å². The molecule has 0 aliphatic carbocycles. The second kappa shape index (κ2) is 5.71. The first-order valence-corrected chi connectivity index (χ1v) is 6.10. The topological polar surface area (TPSA) is 98.7 Å². The van der Waals surface area contributed by atoms with E-state index >= 15 is 0 Å². The van der Waals surface area contributed by atoms with E-state index < -0.39 is 18.6 Å². The summed E-state index contributed by atoms with van der Waals surface area (Å²) in [5, 5.41) is 23.3. The Bertz CT molecular complexity index is 489. The number of benzene rings is 1. The molecule has 2 rings (SSSR count). The molecule has 6 nitrogen and oxygen atoms in total. The predicted molar refractivity (Wildman–Crippen MR) is 68.9 cm³/mol. The number of rotatable bonds is 4. The number of carboxylic acid groups (broad SMARTS) is 1. The van der Waals surface area contributed by atoms with E-state index in [-0.39, 0.29) is 11.8 Å². The van der Waals surface area contributed by atoms with E-state index in [1.807, 2.05) is 24.3 Å². The number of carbonyl (C=O) groups excluding carboxylic acids is 1. The molecule has 0 spiro atoms. The van der Waals surface area contributed by atoms with Gasteiger partial charge in [0.1, 0.15) is 6.04 Å². The lowest BCUT2D eigenvalue weighted by Gasteiger charge is -2.26. The molecule has 1 aromatic carbocycles. The van der Waals surface area contributed by atoms with Gasteiger partial charge in [0, 0.05) is 12.2 Å². The summed E-state index contributed by atoms with van der Waals surface area (Å²) in [6.07, 6.45) is 0.598. The quantitative estimate of drug-likeness (QED) is 0.620. The van der Waals surface area contributed by atoms with Crippen molar-refractivity contribution in [3.05, 3.63) is 29.8 Å². The third-order valence-electron chi connectivity index (χ3n) is 3.20. The molecule has 0 saturated carbocycles. The van der Waals surface area contributed by atoms with Gasteiger partial charge in [-0.3, -0.25) is 4.79 Å². The first kappa shape index (κ1) is 13.4. The summed E-state index contributed by atoms with van der Waals surface area (Å²) in [5.41, 5.74) is 1.75. The molecule has 0 radical (unpaired) electrons. The fourth-order valence-corrected chi connectivity index (χ4v) is 2.20. The van der Waals surface area contributed by atoms with Crippen LogP contribution in [-0.2, 0) is 9.59 Å². The van der Waals surface area contributed by atoms with Crippen LogP contribution in [0.4, 0.5) is 5.69 Å². The predicted octanol–water partition coefficient (Wildman–Crippen LogP) is 0.148. The maximum atomic E-state index is 12.1. The Morgan fingerprint density at radius 1 is 1.42 bits per heavy atom. The van der Waals surface area contributed by atoms with Gasteiger partial charge in [0.05, 0.1) is 12.5 Å². The van der Waals surface area contributed by atoms with Gasteiger partial charge < -0.3 is 20.8 Å². The molecule has 1 amide bonds. The Morgan fingerprint density at radius 2 is 2.16 bits per heavy atom. The standard InChI is InChI=1S/C13H16N2O4/c16-7-11(13(18)19)15-12(17)9-5-6-14-10-4-2-1-3-8(9)10/h1-4,9,11,14,16H,5-7H2,(H,15,17)(H,18,19)/t9?,11-/m0/s1. The van der Waals surface area contributed by atoms with Gasteiger partial charge in [0.25, 0.3) is 0 Å². The molecule has 1 unspecified atom stereocenters. The first-order chi connectivity index (χ1) is 9.13. The zero-order chi connectivity index (χ0) is 13.8. The van der Waals surface area contributed by atoms with Crippen molar-refractivity contribution in [3.8, 4) is 0 Å². The van der Waals surface area contributed by atoms with Crippen molar-refractivity contribution in [2.24, 2.45) is 0 Å². The van der Waals surface area contributed by atoms with Crippen molar-refractivity contribution >= 4 is 17.6 Å². The Hall–Kier alpha value is -2.08. The molecular formula is C13H16N2O4. The van der Waals surface area contributed by atoms with Crippen LogP contribution in [0.2, 0.25) is 0 Å². The maximum Gasteiger partial charge on any atom is 0.328 e. The normalized spacial score (nSPS) is 18.9. The van der Waals surface area contributed by atoms with E-state index in [9.17, 15) is 9.59 Å². The summed E-state index contributed by atoms with van der Waals surface area (Å²) in [5.74, 6) is -1.99. The van der Waals surface area contributed by atoms with Crippen LogP contribution in [0.25, 0.3) is 0 Å². The second-order valence-electron chi connectivity index (χ2n) is 4.44. The van der Waals surface area contributed by atoms with Crippen molar-refractivity contribution < 1.29 is 19.8 Å². The van der Waals surface area contributed by atoms with Crippen LogP contribution in [0.1, 0.15) is 17.9 Å². The molecule has 0 saturated heterocycles. The van der Waals surface area contributed by atoms with Gasteiger partial charge in [0.15, 0.2) is 0 Å². The van der Waals surface area contributed by atoms with Gasteiger partial charge in [-0.1, -0.05) is 18.2 Å². The third kappa shape index (κ3) is 2.85. The fourth-order valence-electron chi connectivity index (χ4n) is 2.20. The van der Waals surface area contributed by atoms with E-state index in [2.05, 4.69) is 10.6 Å². The molecular weight excluding hydrogens is 248 g/mol. The average Bonchev–Trinajstić information content (AvgIpc) is 2.43. The summed E-state index contributed by atoms with van der Waals surface area (Å²) in [4.78, 5) is 22.9. The number of para-hydroxylation sites is 1. The SMILES string of the molecule is O=C(N[C@@H](CO)C(=O)O)C1CCNc2ccccc21. The highest BCUT2D eigenvalue weighted by atomic mass is 16.4. The number of amides is 1. The minimum atomic E-state index is -1.26. The highest BCUT2D eigenvalue weighted by molar-refractivity contribution is 5.89. The number of nitrogens with one attached hydrogen (secondary N) is 2. The Kier molecular flexibility index (Phi) is 4.01. The monoisotopic (exact) mass is 264 g/mol. The molecule has 0 fully saturated rings. The van der Waals surface area contributed by atoms with Gasteiger partial charge in [-0.05, 0) is 18.1 Å². The summed E-state index contributed by atoms with van der Waals surface area (Å²) >= 11 is 0. The minimum absolute atomic E-state index is 0.365. The van der Waals surface area contributed by atoms with Crippen LogP contribution in [0.15, 0.2) is 24.3 Å². The Balaban J connectivity index is 2.15. The maximum absolute atomic E-state index is 12.1. The Morgan fingerprint density at radius 3 is 2.84 bits per heavy atom. The summed E-state index contributed by atoms with van der Waals surface area (Å²) < 4.78 is 0. The number of fused-ring (bicyclic) bond motifs is 1. The van der Waals surface area contributed by atoms with Crippen LogP contribution in [0.5, 0.6) is 0 Å². The molecule has 6 heteroatoms. The molecule has 1 aliphatic rings. The lowest BCUT2D eigenvalue weighted by atomic mass is 9.90. The molecule has 19 heavy (non-hydrogen) atoms. The zero-order valence-corrected chi connectivity index (χ0v) is 10.3. The van der Waals surface area contributed by atoms with E-state index in [4.69, 9.17) is 10.2 Å². The van der Waals surface area contributed by atoms with Gasteiger partial charge in [-0.25, -0.2) is 4.79 Å². The minimum Gasteiger partial charge on any atom is -0.480 e. The van der Waals surface area contributed by atoms with Crippen molar-refractivity contribution in [3.63, 3.8) is 0 Å². The average molecular weight is 264 g/mol. The summed E-state index contributed by atoms with van der Waals surface area (Å²) in [6.45, 7) is 0.0413. The van der Waals surface area contributed by atoms with Crippen LogP contribution in [0.3, 0.4) is 0 Å². The fraction of sp³-hybridized carbons (Fsp3) is 0.385. The van der Waals surface area contributed by atoms with E-state index in [1.54, 1.807) is 0 Å². The number of carbonyl (C=O) groups is 2. The summed E-state index contributed by atoms with van der Waals surface area (Å²) in [6, 6.07) is 6.19. The van der Waals surface area contributed by atoms with Crippen molar-refractivity contribution in [2.45, 2.75) is 18.4 Å². The number of aliphatic carboxylic acids is 1. The number of hydrogen-bond donors (Lipinski definition) is 4. The van der Waals surface area contributed by atoms with E-state index in [0.717, 1.165) is 11.3 Å². The molecule has 2 atom stereocenters. The van der Waals surface area contributed by atoms with E-state index in [1.165, 1.54) is 0 Å². The zero-order valence-electron chi connectivity index (χ0n) is 10.3. The van der Waals surface area contributed by atoms with Gasteiger partial charge in [-0.2, -0.15) is 0 Å². The largest absolute Gasteiger partial charge is 0.480 e. The first-order valence-electron chi connectivity index (χ1n) is 6.10. The lowest BCUT2D eigenvalue weighted by Crippen LogP contribution is -2.46. The van der Waals surface area contributed by atoms with Crippen LogP contribution >= 0.6 is 0 Å². The molecule has 4 N–H and O–H groups in total. The number of anilines is 1. The summed E-state index contributed by atoms with van der Waals surface area (Å²) in [7, 11) is 0. The highest BCUT2D eigenvalue weighted by Gasteiger charge is 2.29. The van der Waals surface area contributed by atoms with Crippen molar-refractivity contribution in [2.75, 3.05) is 18.5 Å². The number of carboxylic acids is 1. The van der Waals surface area contributed by atoms with Crippen LogP contribution in [0, 0.1) is 0 Å². The molecule has 1 aliphatic heterocycles. The Labute approximate surface area is 110 Å². The highest BCUT2D eigenvalue weighted by Crippen LogP contribution is 2.31.